The Morgan fingerprint density at radius 1 is 1.31 bits per heavy atom. The number of hydrogen-bond donors (Lipinski definition) is 2. The number of nitrogens with zero attached hydrogens (tertiary/aromatic N) is 1. The first-order valence-corrected chi connectivity index (χ1v) is 5.69. The highest BCUT2D eigenvalue weighted by Crippen LogP contribution is 2.31. The fraction of sp³-hybridized carbons (Fsp3) is 0. The van der Waals surface area contributed by atoms with Gasteiger partial charge in [0.15, 0.2) is 5.65 Å². The van der Waals surface area contributed by atoms with E-state index in [1.54, 1.807) is 0 Å². The van der Waals surface area contributed by atoms with Crippen molar-refractivity contribution in [2.75, 3.05) is 0 Å². The first kappa shape index (κ1) is 9.86. The Kier molecular flexibility index (Phi) is 2.05. The SMILES string of the molecule is O=c1[nH]c2cc3c(Cl)c(Br)ccc3nc2[nH]1. The van der Waals surface area contributed by atoms with Gasteiger partial charge >= 0.3 is 5.69 Å². The van der Waals surface area contributed by atoms with E-state index in [1.807, 2.05) is 18.2 Å². The molecule has 0 amide bonds. The highest BCUT2D eigenvalue weighted by molar-refractivity contribution is 9.10. The summed E-state index contributed by atoms with van der Waals surface area (Å²) in [6, 6.07) is 5.48. The van der Waals surface area contributed by atoms with Gasteiger partial charge in [0.05, 0.1) is 16.1 Å². The van der Waals surface area contributed by atoms with Gasteiger partial charge < -0.3 is 4.98 Å². The Morgan fingerprint density at radius 3 is 2.94 bits per heavy atom. The summed E-state index contributed by atoms with van der Waals surface area (Å²) >= 11 is 9.49. The maximum atomic E-state index is 11.1. The molecule has 0 atom stereocenters. The number of fused-ring (bicyclic) bond motifs is 2. The maximum absolute atomic E-state index is 11.1. The van der Waals surface area contributed by atoms with Crippen LogP contribution in [-0.2, 0) is 0 Å². The van der Waals surface area contributed by atoms with E-state index in [9.17, 15) is 4.79 Å². The number of imidazole rings is 1. The molecule has 0 unspecified atom stereocenters. The summed E-state index contributed by atoms with van der Waals surface area (Å²) in [6.07, 6.45) is 0. The molecule has 0 aliphatic rings. The van der Waals surface area contributed by atoms with Crippen molar-refractivity contribution in [2.24, 2.45) is 0 Å². The number of hydrogen-bond acceptors (Lipinski definition) is 2. The summed E-state index contributed by atoms with van der Waals surface area (Å²) in [6.45, 7) is 0. The molecule has 0 saturated heterocycles. The van der Waals surface area contributed by atoms with Gasteiger partial charge in [-0.1, -0.05) is 11.6 Å². The molecule has 0 saturated carbocycles. The van der Waals surface area contributed by atoms with Gasteiger partial charge in [0.2, 0.25) is 0 Å². The third-order valence-corrected chi connectivity index (χ3v) is 3.66. The van der Waals surface area contributed by atoms with Gasteiger partial charge in [0.1, 0.15) is 0 Å². The Bertz CT molecular complexity index is 762. The minimum Gasteiger partial charge on any atom is -0.304 e. The molecular weight excluding hydrogens is 293 g/mol. The number of aromatic nitrogens is 3. The van der Waals surface area contributed by atoms with E-state index in [2.05, 4.69) is 30.9 Å². The lowest BCUT2D eigenvalue weighted by Crippen LogP contribution is -1.99. The third-order valence-electron chi connectivity index (χ3n) is 2.37. The second-order valence-electron chi connectivity index (χ2n) is 3.39. The van der Waals surface area contributed by atoms with Gasteiger partial charge in [0.25, 0.3) is 0 Å². The number of H-pyrrole nitrogens is 2. The molecule has 2 heterocycles. The second-order valence-corrected chi connectivity index (χ2v) is 4.62. The van der Waals surface area contributed by atoms with Gasteiger partial charge in [-0.15, -0.1) is 0 Å². The van der Waals surface area contributed by atoms with Crippen LogP contribution in [-0.4, -0.2) is 15.0 Å². The van der Waals surface area contributed by atoms with E-state index in [0.29, 0.717) is 16.2 Å². The van der Waals surface area contributed by atoms with E-state index < -0.39 is 0 Å². The summed E-state index contributed by atoms with van der Waals surface area (Å²) in [5, 5.41) is 1.40. The summed E-state index contributed by atoms with van der Waals surface area (Å²) < 4.78 is 0.806. The quantitative estimate of drug-likeness (QED) is 0.670. The fourth-order valence-electron chi connectivity index (χ4n) is 1.64. The largest absolute Gasteiger partial charge is 0.325 e. The molecule has 1 aromatic carbocycles. The number of halogens is 2. The van der Waals surface area contributed by atoms with Crippen molar-refractivity contribution in [3.05, 3.63) is 38.2 Å². The standard InChI is InChI=1S/C10H5BrClN3O/c11-5-1-2-6-4(8(5)12)3-7-9(13-6)15-10(16)14-7/h1-3H,(H2,13,14,15,16). The van der Waals surface area contributed by atoms with E-state index in [1.165, 1.54) is 0 Å². The molecule has 16 heavy (non-hydrogen) atoms. The zero-order valence-corrected chi connectivity index (χ0v) is 10.2. The molecule has 3 rings (SSSR count). The summed E-state index contributed by atoms with van der Waals surface area (Å²) in [5.74, 6) is 0. The Morgan fingerprint density at radius 2 is 2.12 bits per heavy atom. The van der Waals surface area contributed by atoms with Crippen LogP contribution in [0.25, 0.3) is 22.1 Å². The fourth-order valence-corrected chi connectivity index (χ4v) is 2.20. The average molecular weight is 299 g/mol. The molecule has 2 N–H and O–H groups in total. The summed E-state index contributed by atoms with van der Waals surface area (Å²) in [7, 11) is 0. The lowest BCUT2D eigenvalue weighted by Gasteiger charge is -2.01. The predicted octanol–water partition coefficient (Wildman–Crippen LogP) is 2.82. The Labute approximate surface area is 103 Å². The van der Waals surface area contributed by atoms with Crippen LogP contribution in [0.4, 0.5) is 0 Å². The smallest absolute Gasteiger partial charge is 0.304 e. The predicted molar refractivity (Wildman–Crippen MR) is 66.9 cm³/mol. The monoisotopic (exact) mass is 297 g/mol. The van der Waals surface area contributed by atoms with E-state index in [-0.39, 0.29) is 5.69 Å². The molecule has 0 fully saturated rings. The van der Waals surface area contributed by atoms with Crippen LogP contribution in [0, 0.1) is 0 Å². The van der Waals surface area contributed by atoms with Crippen LogP contribution in [0.1, 0.15) is 0 Å². The number of aromatic amines is 2. The molecule has 0 aliphatic heterocycles. The number of rotatable bonds is 0. The third kappa shape index (κ3) is 1.36. The summed E-state index contributed by atoms with van der Waals surface area (Å²) in [4.78, 5) is 20.7. The van der Waals surface area contributed by atoms with Crippen molar-refractivity contribution >= 4 is 49.6 Å². The molecule has 0 radical (unpaired) electrons. The molecule has 6 heteroatoms. The van der Waals surface area contributed by atoms with Crippen LogP contribution in [0.2, 0.25) is 5.02 Å². The van der Waals surface area contributed by atoms with Gasteiger partial charge in [-0.05, 0) is 34.1 Å². The van der Waals surface area contributed by atoms with Crippen LogP contribution in [0.5, 0.6) is 0 Å². The first-order chi connectivity index (χ1) is 7.65. The number of nitrogens with one attached hydrogen (secondary N) is 2. The Balaban J connectivity index is 2.55. The number of pyridine rings is 1. The van der Waals surface area contributed by atoms with Gasteiger partial charge in [-0.3, -0.25) is 4.98 Å². The van der Waals surface area contributed by atoms with E-state index in [4.69, 9.17) is 11.6 Å². The van der Waals surface area contributed by atoms with Crippen molar-refractivity contribution in [3.63, 3.8) is 0 Å². The molecule has 2 aromatic heterocycles. The number of benzene rings is 1. The first-order valence-electron chi connectivity index (χ1n) is 4.52. The molecule has 3 aromatic rings. The zero-order chi connectivity index (χ0) is 11.3. The van der Waals surface area contributed by atoms with E-state index >= 15 is 0 Å². The molecule has 0 bridgehead atoms. The van der Waals surface area contributed by atoms with Crippen LogP contribution >= 0.6 is 27.5 Å². The molecule has 0 spiro atoms. The van der Waals surface area contributed by atoms with E-state index in [0.717, 1.165) is 15.4 Å². The topological polar surface area (TPSA) is 61.5 Å². The van der Waals surface area contributed by atoms with Crippen molar-refractivity contribution in [3.8, 4) is 0 Å². The average Bonchev–Trinajstić information content (AvgIpc) is 2.61. The van der Waals surface area contributed by atoms with Gasteiger partial charge in [-0.25, -0.2) is 9.78 Å². The molecular formula is C10H5BrClN3O. The summed E-state index contributed by atoms with van der Waals surface area (Å²) in [5.41, 5.74) is 1.66. The van der Waals surface area contributed by atoms with Crippen LogP contribution < -0.4 is 5.69 Å². The lowest BCUT2D eigenvalue weighted by molar-refractivity contribution is 1.20. The highest BCUT2D eigenvalue weighted by atomic mass is 79.9. The van der Waals surface area contributed by atoms with Crippen molar-refractivity contribution in [1.29, 1.82) is 0 Å². The molecule has 4 nitrogen and oxygen atoms in total. The van der Waals surface area contributed by atoms with Crippen LogP contribution in [0.15, 0.2) is 27.5 Å². The normalized spacial score (nSPS) is 11.4. The Hall–Kier alpha value is -1.33. The lowest BCUT2D eigenvalue weighted by atomic mass is 10.2. The molecule has 80 valence electrons. The minimum absolute atomic E-state index is 0.270. The zero-order valence-electron chi connectivity index (χ0n) is 7.84. The highest BCUT2D eigenvalue weighted by Gasteiger charge is 2.07. The van der Waals surface area contributed by atoms with Crippen molar-refractivity contribution in [2.45, 2.75) is 0 Å². The second kappa shape index (κ2) is 3.33. The van der Waals surface area contributed by atoms with Gasteiger partial charge in [0, 0.05) is 9.86 Å². The van der Waals surface area contributed by atoms with Crippen molar-refractivity contribution in [1.82, 2.24) is 15.0 Å². The van der Waals surface area contributed by atoms with Gasteiger partial charge in [-0.2, -0.15) is 0 Å². The van der Waals surface area contributed by atoms with Crippen LogP contribution in [0.3, 0.4) is 0 Å². The van der Waals surface area contributed by atoms with Crippen molar-refractivity contribution < 1.29 is 0 Å². The minimum atomic E-state index is -0.270. The maximum Gasteiger partial charge on any atom is 0.325 e. The molecule has 0 aliphatic carbocycles.